The number of anilines is 1. The van der Waals surface area contributed by atoms with Crippen molar-refractivity contribution < 1.29 is 26.7 Å². The normalized spacial score (nSPS) is 22.7. The average molecular weight is 436 g/mol. The molecule has 2 aliphatic heterocycles. The third-order valence-corrected chi connectivity index (χ3v) is 5.58. The Morgan fingerprint density at radius 2 is 1.69 bits per heavy atom. The van der Waals surface area contributed by atoms with Crippen molar-refractivity contribution >= 4 is 23.1 Å². The standard InChI is InChI=1S/C21H24ClN2O.BrH/c1-16-6-8-17(9-7-16)21(25)15-23-14-4-2-3-5-20(23)24(21)19-12-10-18(22)11-13-19;/h6-13,25H,2-5,14-15H2,1H3;1H/q+1;/p-1. The van der Waals surface area contributed by atoms with Crippen LogP contribution in [-0.2, 0) is 5.72 Å². The topological polar surface area (TPSA) is 26.5 Å². The Hall–Kier alpha value is -1.36. The molecule has 2 aromatic rings. The van der Waals surface area contributed by atoms with Gasteiger partial charge in [-0.05, 0) is 50.5 Å². The third kappa shape index (κ3) is 3.42. The predicted molar refractivity (Wildman–Crippen MR) is 102 cm³/mol. The fourth-order valence-electron chi connectivity index (χ4n) is 4.02. The Morgan fingerprint density at radius 3 is 2.38 bits per heavy atom. The van der Waals surface area contributed by atoms with Crippen LogP contribution in [0.3, 0.4) is 0 Å². The summed E-state index contributed by atoms with van der Waals surface area (Å²) in [4.78, 5) is 2.12. The number of hydrogen-bond acceptors (Lipinski definition) is 2. The molecule has 2 aliphatic rings. The molecule has 0 amide bonds. The zero-order chi connectivity index (χ0) is 17.4. The van der Waals surface area contributed by atoms with Crippen LogP contribution in [0.2, 0.25) is 5.02 Å². The first-order valence-electron chi connectivity index (χ1n) is 9.04. The molecule has 0 radical (unpaired) electrons. The molecule has 0 fully saturated rings. The molecule has 3 nitrogen and oxygen atoms in total. The minimum atomic E-state index is -1.05. The highest BCUT2D eigenvalue weighted by Crippen LogP contribution is 2.38. The quantitative estimate of drug-likeness (QED) is 0.720. The van der Waals surface area contributed by atoms with Gasteiger partial charge in [-0.3, -0.25) is 4.58 Å². The number of benzene rings is 2. The molecule has 138 valence electrons. The van der Waals surface area contributed by atoms with Gasteiger partial charge in [-0.2, -0.15) is 4.90 Å². The summed E-state index contributed by atoms with van der Waals surface area (Å²) >= 11 is 6.09. The molecule has 1 N–H and O–H groups in total. The fraction of sp³-hybridized carbons (Fsp3) is 0.381. The van der Waals surface area contributed by atoms with E-state index in [0.29, 0.717) is 11.6 Å². The summed E-state index contributed by atoms with van der Waals surface area (Å²) in [6.07, 6.45) is 4.59. The first-order chi connectivity index (χ1) is 12.1. The van der Waals surface area contributed by atoms with Gasteiger partial charge in [-0.15, -0.1) is 0 Å². The zero-order valence-corrected chi connectivity index (χ0v) is 17.3. The number of rotatable bonds is 2. The largest absolute Gasteiger partial charge is 1.00 e. The summed E-state index contributed by atoms with van der Waals surface area (Å²) in [5.74, 6) is 1.22. The van der Waals surface area contributed by atoms with Gasteiger partial charge in [0, 0.05) is 17.0 Å². The van der Waals surface area contributed by atoms with Crippen LogP contribution in [0, 0.1) is 6.92 Å². The Bertz CT molecular complexity index is 804. The van der Waals surface area contributed by atoms with Crippen molar-refractivity contribution in [2.75, 3.05) is 18.0 Å². The van der Waals surface area contributed by atoms with Gasteiger partial charge in [0.15, 0.2) is 6.54 Å². The van der Waals surface area contributed by atoms with E-state index in [1.807, 2.05) is 36.4 Å². The summed E-state index contributed by atoms with van der Waals surface area (Å²) in [6, 6.07) is 16.0. The van der Waals surface area contributed by atoms with E-state index < -0.39 is 5.72 Å². The van der Waals surface area contributed by atoms with E-state index in [1.165, 1.54) is 30.7 Å². The Kier molecular flexibility index (Phi) is 5.75. The van der Waals surface area contributed by atoms with Crippen LogP contribution in [0.5, 0.6) is 0 Å². The van der Waals surface area contributed by atoms with E-state index >= 15 is 0 Å². The van der Waals surface area contributed by atoms with Crippen molar-refractivity contribution in [1.82, 2.24) is 0 Å². The summed E-state index contributed by atoms with van der Waals surface area (Å²) in [5.41, 5.74) is 2.08. The second-order valence-electron chi connectivity index (χ2n) is 7.14. The van der Waals surface area contributed by atoms with Gasteiger partial charge in [0.05, 0.1) is 6.54 Å². The summed E-state index contributed by atoms with van der Waals surface area (Å²) in [7, 11) is 0. The van der Waals surface area contributed by atoms with Crippen LogP contribution in [0.15, 0.2) is 48.5 Å². The first kappa shape index (κ1) is 19.4. The Labute approximate surface area is 170 Å². The van der Waals surface area contributed by atoms with E-state index in [-0.39, 0.29) is 17.0 Å². The molecule has 2 aromatic carbocycles. The molecule has 26 heavy (non-hydrogen) atoms. The first-order valence-corrected chi connectivity index (χ1v) is 9.42. The predicted octanol–water partition coefficient (Wildman–Crippen LogP) is 1.30. The lowest BCUT2D eigenvalue weighted by Crippen LogP contribution is -3.00. The van der Waals surface area contributed by atoms with Crippen LogP contribution >= 0.6 is 11.6 Å². The van der Waals surface area contributed by atoms with Crippen LogP contribution in [0.25, 0.3) is 0 Å². The van der Waals surface area contributed by atoms with Crippen molar-refractivity contribution in [1.29, 1.82) is 0 Å². The Balaban J connectivity index is 0.00000196. The maximum absolute atomic E-state index is 11.8. The smallest absolute Gasteiger partial charge is 0.275 e. The van der Waals surface area contributed by atoms with E-state index in [2.05, 4.69) is 28.5 Å². The van der Waals surface area contributed by atoms with Crippen molar-refractivity contribution in [2.45, 2.75) is 38.3 Å². The van der Waals surface area contributed by atoms with Gasteiger partial charge in [0.25, 0.3) is 11.6 Å². The lowest BCUT2D eigenvalue weighted by molar-refractivity contribution is -0.534. The van der Waals surface area contributed by atoms with Gasteiger partial charge in [-0.25, -0.2) is 0 Å². The number of aryl methyl sites for hydroxylation is 1. The molecule has 0 bridgehead atoms. The lowest BCUT2D eigenvalue weighted by Gasteiger charge is -2.29. The molecule has 0 aliphatic carbocycles. The molecule has 0 aromatic heterocycles. The molecule has 5 heteroatoms. The van der Waals surface area contributed by atoms with Gasteiger partial charge in [0.1, 0.15) is 5.69 Å². The van der Waals surface area contributed by atoms with E-state index in [9.17, 15) is 5.11 Å². The third-order valence-electron chi connectivity index (χ3n) is 5.33. The number of nitrogens with zero attached hydrogens (tertiary/aromatic N) is 2. The van der Waals surface area contributed by atoms with Crippen LogP contribution < -0.4 is 21.9 Å². The van der Waals surface area contributed by atoms with E-state index in [0.717, 1.165) is 24.2 Å². The summed E-state index contributed by atoms with van der Waals surface area (Å²) < 4.78 is 2.36. The number of halogens is 2. The van der Waals surface area contributed by atoms with Crippen molar-refractivity contribution in [3.05, 3.63) is 64.7 Å². The van der Waals surface area contributed by atoms with Crippen LogP contribution in [0.4, 0.5) is 5.69 Å². The molecule has 1 atom stereocenters. The zero-order valence-electron chi connectivity index (χ0n) is 15.0. The molecular formula is C21H24BrClN2O. The highest BCUT2D eigenvalue weighted by atomic mass is 79.9. The SMILES string of the molecule is Cc1ccc(C2(O)C[N+]3=C(CCCCC3)N2c2ccc(Cl)cc2)cc1.[Br-]. The Morgan fingerprint density at radius 1 is 1.00 bits per heavy atom. The van der Waals surface area contributed by atoms with Crippen molar-refractivity contribution in [3.63, 3.8) is 0 Å². The summed E-state index contributed by atoms with van der Waals surface area (Å²) in [6.45, 7) is 3.68. The maximum Gasteiger partial charge on any atom is 0.275 e. The van der Waals surface area contributed by atoms with Crippen molar-refractivity contribution in [3.8, 4) is 0 Å². The highest BCUT2D eigenvalue weighted by Gasteiger charge is 2.53. The number of hydrogen-bond donors (Lipinski definition) is 1. The number of amidine groups is 1. The molecular weight excluding hydrogens is 412 g/mol. The van der Waals surface area contributed by atoms with Gasteiger partial charge in [-0.1, -0.05) is 41.4 Å². The lowest BCUT2D eigenvalue weighted by atomic mass is 9.99. The highest BCUT2D eigenvalue weighted by molar-refractivity contribution is 6.30. The van der Waals surface area contributed by atoms with Gasteiger partial charge < -0.3 is 22.1 Å². The van der Waals surface area contributed by atoms with E-state index in [4.69, 9.17) is 11.6 Å². The van der Waals surface area contributed by atoms with Gasteiger partial charge >= 0.3 is 0 Å². The summed E-state index contributed by atoms with van der Waals surface area (Å²) in [5, 5.41) is 12.5. The second kappa shape index (κ2) is 7.71. The molecule has 0 spiro atoms. The van der Waals surface area contributed by atoms with Gasteiger partial charge in [0.2, 0.25) is 0 Å². The average Bonchev–Trinajstić information content (AvgIpc) is 2.74. The van der Waals surface area contributed by atoms with E-state index in [1.54, 1.807) is 0 Å². The fourth-order valence-corrected chi connectivity index (χ4v) is 4.14. The monoisotopic (exact) mass is 434 g/mol. The molecule has 0 saturated carbocycles. The molecule has 2 heterocycles. The minimum Gasteiger partial charge on any atom is -1.00 e. The molecule has 0 saturated heterocycles. The van der Waals surface area contributed by atoms with Crippen LogP contribution in [-0.4, -0.2) is 28.6 Å². The molecule has 1 unspecified atom stereocenters. The minimum absolute atomic E-state index is 0. The van der Waals surface area contributed by atoms with Crippen LogP contribution in [0.1, 0.15) is 36.8 Å². The second-order valence-corrected chi connectivity index (χ2v) is 7.58. The number of aliphatic hydroxyl groups is 1. The maximum atomic E-state index is 11.8. The molecule has 4 rings (SSSR count). The van der Waals surface area contributed by atoms with Crippen molar-refractivity contribution in [2.24, 2.45) is 0 Å².